The molecule has 5 heteroatoms. The number of hydrogen-bond acceptors (Lipinski definition) is 3. The van der Waals surface area contributed by atoms with E-state index < -0.39 is 0 Å². The number of hydrogen-bond donors (Lipinski definition) is 1. The highest BCUT2D eigenvalue weighted by molar-refractivity contribution is 5.79. The molecule has 0 spiro atoms. The molecular formula is C16H18N4O. The van der Waals surface area contributed by atoms with Crippen LogP contribution in [0, 0.1) is 5.92 Å². The monoisotopic (exact) mass is 282 g/mol. The lowest BCUT2D eigenvalue weighted by molar-refractivity contribution is -0.126. The van der Waals surface area contributed by atoms with Gasteiger partial charge in [0, 0.05) is 12.5 Å². The van der Waals surface area contributed by atoms with Crippen molar-refractivity contribution in [1.82, 2.24) is 20.1 Å². The first-order chi connectivity index (χ1) is 10.3. The van der Waals surface area contributed by atoms with E-state index in [9.17, 15) is 4.79 Å². The first-order valence-corrected chi connectivity index (χ1v) is 7.53. The fourth-order valence-electron chi connectivity index (χ4n) is 3.43. The van der Waals surface area contributed by atoms with Gasteiger partial charge in [0.1, 0.15) is 12.2 Å². The van der Waals surface area contributed by atoms with Crippen molar-refractivity contribution in [2.24, 2.45) is 5.92 Å². The summed E-state index contributed by atoms with van der Waals surface area (Å²) < 4.78 is 1.86. The molecule has 0 saturated carbocycles. The van der Waals surface area contributed by atoms with Crippen LogP contribution in [0.1, 0.15) is 23.4 Å². The third-order valence-corrected chi connectivity index (χ3v) is 4.57. The summed E-state index contributed by atoms with van der Waals surface area (Å²) in [7, 11) is 0. The fourth-order valence-corrected chi connectivity index (χ4v) is 3.43. The first kappa shape index (κ1) is 12.6. The van der Waals surface area contributed by atoms with Crippen LogP contribution in [0.3, 0.4) is 0 Å². The summed E-state index contributed by atoms with van der Waals surface area (Å²) in [6, 6.07) is 8.69. The number of nitrogens with one attached hydrogen (secondary N) is 1. The quantitative estimate of drug-likeness (QED) is 0.898. The Morgan fingerprint density at radius 1 is 1.24 bits per heavy atom. The van der Waals surface area contributed by atoms with E-state index in [-0.39, 0.29) is 17.9 Å². The van der Waals surface area contributed by atoms with Crippen molar-refractivity contribution < 1.29 is 4.79 Å². The van der Waals surface area contributed by atoms with Crippen LogP contribution in [-0.2, 0) is 30.6 Å². The van der Waals surface area contributed by atoms with Crippen LogP contribution in [0.5, 0.6) is 0 Å². The predicted molar refractivity (Wildman–Crippen MR) is 77.6 cm³/mol. The summed E-state index contributed by atoms with van der Waals surface area (Å²) in [6.45, 7) is 0.654. The molecule has 1 amide bonds. The molecule has 1 aliphatic heterocycles. The number of carbonyl (C=O) groups excluding carboxylic acids is 1. The Kier molecular flexibility index (Phi) is 2.98. The minimum absolute atomic E-state index is 0.0166. The average molecular weight is 282 g/mol. The van der Waals surface area contributed by atoms with Crippen molar-refractivity contribution in [3.63, 3.8) is 0 Å². The predicted octanol–water partition coefficient (Wildman–Crippen LogP) is 1.12. The topological polar surface area (TPSA) is 59.8 Å². The van der Waals surface area contributed by atoms with E-state index >= 15 is 0 Å². The molecule has 2 heterocycles. The lowest BCUT2D eigenvalue weighted by Gasteiger charge is -2.23. The van der Waals surface area contributed by atoms with Crippen molar-refractivity contribution in [2.75, 3.05) is 0 Å². The second-order valence-corrected chi connectivity index (χ2v) is 5.98. The SMILES string of the molecule is O=C(NC1Cc2ccccc2C1)C1CCc2ncnn2C1. The van der Waals surface area contributed by atoms with Gasteiger partial charge in [0.2, 0.25) is 5.91 Å². The van der Waals surface area contributed by atoms with Gasteiger partial charge in [-0.25, -0.2) is 9.67 Å². The molecule has 0 saturated heterocycles. The summed E-state index contributed by atoms with van der Waals surface area (Å²) in [4.78, 5) is 16.7. The van der Waals surface area contributed by atoms with E-state index in [2.05, 4.69) is 39.7 Å². The Morgan fingerprint density at radius 3 is 2.76 bits per heavy atom. The zero-order valence-electron chi connectivity index (χ0n) is 11.8. The molecule has 1 N–H and O–H groups in total. The summed E-state index contributed by atoms with van der Waals surface area (Å²) >= 11 is 0. The Morgan fingerprint density at radius 2 is 2.00 bits per heavy atom. The Balaban J connectivity index is 1.40. The van der Waals surface area contributed by atoms with Crippen LogP contribution in [0.25, 0.3) is 0 Å². The summed E-state index contributed by atoms with van der Waals surface area (Å²) in [5.41, 5.74) is 2.73. The van der Waals surface area contributed by atoms with E-state index in [1.807, 2.05) is 4.68 Å². The number of fused-ring (bicyclic) bond motifs is 2. The lowest BCUT2D eigenvalue weighted by atomic mass is 9.98. The molecule has 2 aliphatic rings. The maximum Gasteiger partial charge on any atom is 0.225 e. The minimum atomic E-state index is 0.0166. The van der Waals surface area contributed by atoms with E-state index in [1.54, 1.807) is 6.33 Å². The number of amides is 1. The zero-order chi connectivity index (χ0) is 14.2. The molecule has 1 atom stereocenters. The number of benzene rings is 1. The molecule has 0 bridgehead atoms. The molecule has 5 nitrogen and oxygen atoms in total. The fraction of sp³-hybridized carbons (Fsp3) is 0.438. The molecule has 21 heavy (non-hydrogen) atoms. The van der Waals surface area contributed by atoms with Crippen LogP contribution in [0.2, 0.25) is 0 Å². The summed E-state index contributed by atoms with van der Waals surface area (Å²) in [6.07, 6.45) is 5.17. The van der Waals surface area contributed by atoms with Crippen molar-refractivity contribution in [1.29, 1.82) is 0 Å². The zero-order valence-corrected chi connectivity index (χ0v) is 11.8. The molecule has 2 aromatic rings. The molecule has 1 aliphatic carbocycles. The molecule has 1 aromatic heterocycles. The van der Waals surface area contributed by atoms with Gasteiger partial charge in [0.15, 0.2) is 0 Å². The normalized spacial score (nSPS) is 20.9. The van der Waals surface area contributed by atoms with Crippen LogP contribution in [-0.4, -0.2) is 26.7 Å². The van der Waals surface area contributed by atoms with Gasteiger partial charge >= 0.3 is 0 Å². The number of aryl methyl sites for hydroxylation is 1. The molecule has 108 valence electrons. The maximum atomic E-state index is 12.5. The van der Waals surface area contributed by atoms with Crippen LogP contribution in [0.4, 0.5) is 0 Å². The number of rotatable bonds is 2. The van der Waals surface area contributed by atoms with Crippen molar-refractivity contribution in [3.8, 4) is 0 Å². The molecule has 4 rings (SSSR count). The first-order valence-electron chi connectivity index (χ1n) is 7.53. The van der Waals surface area contributed by atoms with Crippen molar-refractivity contribution in [2.45, 2.75) is 38.3 Å². The smallest absolute Gasteiger partial charge is 0.225 e. The molecule has 0 radical (unpaired) electrons. The summed E-state index contributed by atoms with van der Waals surface area (Å²) in [5.74, 6) is 1.17. The number of aromatic nitrogens is 3. The average Bonchev–Trinajstić information content (AvgIpc) is 3.11. The van der Waals surface area contributed by atoms with Gasteiger partial charge in [0.25, 0.3) is 0 Å². The van der Waals surface area contributed by atoms with Crippen molar-refractivity contribution in [3.05, 3.63) is 47.5 Å². The van der Waals surface area contributed by atoms with Gasteiger partial charge in [-0.3, -0.25) is 4.79 Å². The Hall–Kier alpha value is -2.17. The second kappa shape index (κ2) is 4.98. The third-order valence-electron chi connectivity index (χ3n) is 4.57. The highest BCUT2D eigenvalue weighted by atomic mass is 16.2. The van der Waals surface area contributed by atoms with Gasteiger partial charge in [0.05, 0.1) is 12.5 Å². The molecule has 0 fully saturated rings. The van der Waals surface area contributed by atoms with E-state index in [0.717, 1.165) is 31.5 Å². The number of nitrogens with zero attached hydrogens (tertiary/aromatic N) is 3. The second-order valence-electron chi connectivity index (χ2n) is 5.98. The van der Waals surface area contributed by atoms with Crippen LogP contribution in [0.15, 0.2) is 30.6 Å². The van der Waals surface area contributed by atoms with E-state index in [4.69, 9.17) is 0 Å². The summed E-state index contributed by atoms with van der Waals surface area (Å²) in [5, 5.41) is 7.40. The molecule has 1 aromatic carbocycles. The standard InChI is InChI=1S/C16H18N4O/c21-16(13-5-6-15-17-10-18-20(15)9-13)19-14-7-11-3-1-2-4-12(11)8-14/h1-4,10,13-14H,5-9H2,(H,19,21). The van der Waals surface area contributed by atoms with Crippen LogP contribution >= 0.6 is 0 Å². The lowest BCUT2D eigenvalue weighted by Crippen LogP contribution is -2.42. The van der Waals surface area contributed by atoms with Crippen molar-refractivity contribution >= 4 is 5.91 Å². The Labute approximate surface area is 123 Å². The van der Waals surface area contributed by atoms with E-state index in [0.29, 0.717) is 6.54 Å². The van der Waals surface area contributed by atoms with E-state index in [1.165, 1.54) is 11.1 Å². The van der Waals surface area contributed by atoms with Gasteiger partial charge in [-0.2, -0.15) is 5.10 Å². The maximum absolute atomic E-state index is 12.5. The largest absolute Gasteiger partial charge is 0.352 e. The Bertz CT molecular complexity index is 653. The molecular weight excluding hydrogens is 264 g/mol. The highest BCUT2D eigenvalue weighted by Gasteiger charge is 2.29. The van der Waals surface area contributed by atoms with Gasteiger partial charge in [-0.1, -0.05) is 24.3 Å². The third kappa shape index (κ3) is 2.33. The molecule has 1 unspecified atom stereocenters. The minimum Gasteiger partial charge on any atom is -0.352 e. The highest BCUT2D eigenvalue weighted by Crippen LogP contribution is 2.23. The van der Waals surface area contributed by atoms with Gasteiger partial charge in [-0.05, 0) is 30.4 Å². The van der Waals surface area contributed by atoms with Crippen LogP contribution < -0.4 is 5.32 Å². The van der Waals surface area contributed by atoms with Gasteiger partial charge < -0.3 is 5.32 Å². The number of carbonyl (C=O) groups is 1. The van der Waals surface area contributed by atoms with Gasteiger partial charge in [-0.15, -0.1) is 0 Å².